The third kappa shape index (κ3) is 3.93. The first-order valence-corrected chi connectivity index (χ1v) is 11.2. The van der Waals surface area contributed by atoms with Crippen molar-refractivity contribution in [3.05, 3.63) is 64.1 Å². The molecule has 0 unspecified atom stereocenters. The normalized spacial score (nSPS) is 12.1. The molecule has 0 fully saturated rings. The number of hydrogen-bond acceptors (Lipinski definition) is 6. The van der Waals surface area contributed by atoms with Gasteiger partial charge in [0.1, 0.15) is 17.5 Å². The lowest BCUT2D eigenvalue weighted by Crippen LogP contribution is -2.38. The molecular weight excluding hydrogens is 426 g/mol. The van der Waals surface area contributed by atoms with Crippen molar-refractivity contribution >= 4 is 37.4 Å². The van der Waals surface area contributed by atoms with E-state index in [1.165, 1.54) is 4.68 Å². The standard InChI is InChI=1S/C24H25N3O4S/c1-14-22-21(18-7-5-6-8-20(18)32-22)24(29)27(26-14)15(2)23(28)25-12-11-16-9-10-17(30-3)13-19(16)31-4/h5-10,13,15H,11-12H2,1-4H3,(H,25,28)/t15-/m1/s1. The van der Waals surface area contributed by atoms with Crippen molar-refractivity contribution < 1.29 is 14.3 Å². The Morgan fingerprint density at radius 2 is 1.97 bits per heavy atom. The van der Waals surface area contributed by atoms with Crippen LogP contribution in [0.3, 0.4) is 0 Å². The third-order valence-corrected chi connectivity index (χ3v) is 6.82. The molecule has 0 aliphatic rings. The fraction of sp³-hybridized carbons (Fsp3) is 0.292. The molecule has 2 aromatic heterocycles. The van der Waals surface area contributed by atoms with Crippen LogP contribution in [0.5, 0.6) is 11.5 Å². The second kappa shape index (κ2) is 9.00. The number of hydrogen-bond donors (Lipinski definition) is 1. The zero-order valence-electron chi connectivity index (χ0n) is 18.5. The predicted molar refractivity (Wildman–Crippen MR) is 127 cm³/mol. The van der Waals surface area contributed by atoms with Crippen LogP contribution in [0.4, 0.5) is 0 Å². The van der Waals surface area contributed by atoms with Crippen molar-refractivity contribution in [3.8, 4) is 11.5 Å². The lowest BCUT2D eigenvalue weighted by atomic mass is 10.1. The van der Waals surface area contributed by atoms with Gasteiger partial charge in [-0.15, -0.1) is 11.3 Å². The molecule has 0 bridgehead atoms. The van der Waals surface area contributed by atoms with Crippen LogP contribution in [-0.2, 0) is 11.2 Å². The number of aryl methyl sites for hydroxylation is 1. The van der Waals surface area contributed by atoms with Crippen LogP contribution >= 0.6 is 11.3 Å². The highest BCUT2D eigenvalue weighted by Gasteiger charge is 2.21. The Balaban J connectivity index is 1.54. The molecule has 166 valence electrons. The summed E-state index contributed by atoms with van der Waals surface area (Å²) in [5.74, 6) is 1.15. The van der Waals surface area contributed by atoms with Gasteiger partial charge in [0.15, 0.2) is 0 Å². The minimum atomic E-state index is -0.734. The van der Waals surface area contributed by atoms with Crippen molar-refractivity contribution in [2.45, 2.75) is 26.3 Å². The summed E-state index contributed by atoms with van der Waals surface area (Å²) in [4.78, 5) is 26.1. The summed E-state index contributed by atoms with van der Waals surface area (Å²) in [6, 6.07) is 12.6. The lowest BCUT2D eigenvalue weighted by molar-refractivity contribution is -0.124. The quantitative estimate of drug-likeness (QED) is 0.461. The highest BCUT2D eigenvalue weighted by molar-refractivity contribution is 7.26. The Kier molecular flexibility index (Phi) is 6.14. The van der Waals surface area contributed by atoms with E-state index in [4.69, 9.17) is 9.47 Å². The summed E-state index contributed by atoms with van der Waals surface area (Å²) in [5, 5.41) is 8.89. The van der Waals surface area contributed by atoms with Crippen LogP contribution in [0.1, 0.15) is 24.2 Å². The molecule has 0 aliphatic carbocycles. The number of benzene rings is 2. The van der Waals surface area contributed by atoms with Crippen molar-refractivity contribution in [2.75, 3.05) is 20.8 Å². The smallest absolute Gasteiger partial charge is 0.276 e. The maximum atomic E-state index is 13.2. The minimum Gasteiger partial charge on any atom is -0.497 e. The summed E-state index contributed by atoms with van der Waals surface area (Å²) in [6.07, 6.45) is 0.585. The molecule has 8 heteroatoms. The molecule has 4 aromatic rings. The SMILES string of the molecule is COc1ccc(CCNC(=O)[C@@H](C)n2nc(C)c3sc4ccccc4c3c2=O)c(OC)c1. The van der Waals surface area contributed by atoms with Crippen LogP contribution in [0.15, 0.2) is 47.3 Å². The lowest BCUT2D eigenvalue weighted by Gasteiger charge is -2.16. The Hall–Kier alpha value is -3.39. The maximum absolute atomic E-state index is 13.2. The Morgan fingerprint density at radius 3 is 2.72 bits per heavy atom. The zero-order valence-corrected chi connectivity index (χ0v) is 19.3. The average molecular weight is 452 g/mol. The van der Waals surface area contributed by atoms with Crippen molar-refractivity contribution in [1.29, 1.82) is 0 Å². The molecule has 0 saturated heterocycles. The van der Waals surface area contributed by atoms with E-state index in [0.29, 0.717) is 29.9 Å². The second-order valence-electron chi connectivity index (χ2n) is 7.53. The van der Waals surface area contributed by atoms with E-state index in [0.717, 1.165) is 26.0 Å². The summed E-state index contributed by atoms with van der Waals surface area (Å²) in [5.41, 5.74) is 1.45. The number of carbonyl (C=O) groups is 1. The summed E-state index contributed by atoms with van der Waals surface area (Å²) in [6.45, 7) is 3.97. The van der Waals surface area contributed by atoms with Crippen molar-refractivity contribution in [2.24, 2.45) is 0 Å². The Labute approximate surface area is 189 Å². The monoisotopic (exact) mass is 451 g/mol. The summed E-state index contributed by atoms with van der Waals surface area (Å²) < 4.78 is 13.8. The molecule has 32 heavy (non-hydrogen) atoms. The molecule has 7 nitrogen and oxygen atoms in total. The molecule has 2 aromatic carbocycles. The Bertz CT molecular complexity index is 1360. The number of thiophene rings is 1. The topological polar surface area (TPSA) is 82.5 Å². The van der Waals surface area contributed by atoms with Crippen LogP contribution in [0, 0.1) is 6.92 Å². The maximum Gasteiger partial charge on any atom is 0.276 e. The van der Waals surface area contributed by atoms with E-state index in [9.17, 15) is 9.59 Å². The number of nitrogens with zero attached hydrogens (tertiary/aromatic N) is 2. The van der Waals surface area contributed by atoms with Crippen LogP contribution < -0.4 is 20.3 Å². The van der Waals surface area contributed by atoms with Crippen LogP contribution in [0.2, 0.25) is 0 Å². The minimum absolute atomic E-state index is 0.248. The molecule has 4 rings (SSSR count). The Morgan fingerprint density at radius 1 is 1.19 bits per heavy atom. The first-order chi connectivity index (χ1) is 15.4. The third-order valence-electron chi connectivity index (χ3n) is 5.54. The van der Waals surface area contributed by atoms with E-state index in [1.807, 2.05) is 49.4 Å². The predicted octanol–water partition coefficient (Wildman–Crippen LogP) is 3.86. The fourth-order valence-corrected chi connectivity index (χ4v) is 4.91. The van der Waals surface area contributed by atoms with Gasteiger partial charge in [-0.05, 0) is 38.0 Å². The van der Waals surface area contributed by atoms with Crippen LogP contribution in [0.25, 0.3) is 20.2 Å². The first-order valence-electron chi connectivity index (χ1n) is 10.3. The van der Waals surface area contributed by atoms with Gasteiger partial charge < -0.3 is 14.8 Å². The molecule has 0 saturated carbocycles. The van der Waals surface area contributed by atoms with Gasteiger partial charge in [-0.3, -0.25) is 9.59 Å². The van der Waals surface area contributed by atoms with Gasteiger partial charge in [-0.1, -0.05) is 24.3 Å². The zero-order chi connectivity index (χ0) is 22.8. The van der Waals surface area contributed by atoms with Gasteiger partial charge in [0.2, 0.25) is 5.91 Å². The number of rotatable bonds is 7. The summed E-state index contributed by atoms with van der Waals surface area (Å²) >= 11 is 1.55. The highest BCUT2D eigenvalue weighted by atomic mass is 32.1. The van der Waals surface area contributed by atoms with Gasteiger partial charge in [-0.2, -0.15) is 5.10 Å². The molecule has 0 aliphatic heterocycles. The average Bonchev–Trinajstić information content (AvgIpc) is 3.21. The molecule has 0 spiro atoms. The van der Waals surface area contributed by atoms with Gasteiger partial charge in [0.25, 0.3) is 5.56 Å². The van der Waals surface area contributed by atoms with E-state index < -0.39 is 6.04 Å². The second-order valence-corrected chi connectivity index (χ2v) is 8.58. The number of methoxy groups -OCH3 is 2. The van der Waals surface area contributed by atoms with Crippen molar-refractivity contribution in [1.82, 2.24) is 15.1 Å². The van der Waals surface area contributed by atoms with Crippen LogP contribution in [-0.4, -0.2) is 36.5 Å². The van der Waals surface area contributed by atoms with Crippen molar-refractivity contribution in [3.63, 3.8) is 0 Å². The van der Waals surface area contributed by atoms with Gasteiger partial charge >= 0.3 is 0 Å². The molecule has 1 atom stereocenters. The number of fused-ring (bicyclic) bond motifs is 3. The van der Waals surface area contributed by atoms with E-state index in [2.05, 4.69) is 10.4 Å². The summed E-state index contributed by atoms with van der Waals surface area (Å²) in [7, 11) is 3.20. The number of carbonyl (C=O) groups excluding carboxylic acids is 1. The van der Waals surface area contributed by atoms with E-state index in [1.54, 1.807) is 32.5 Å². The number of amides is 1. The van der Waals surface area contributed by atoms with Gasteiger partial charge in [-0.25, -0.2) is 4.68 Å². The first kappa shape index (κ1) is 21.8. The number of aromatic nitrogens is 2. The molecule has 0 radical (unpaired) electrons. The highest BCUT2D eigenvalue weighted by Crippen LogP contribution is 2.33. The molecular formula is C24H25N3O4S. The van der Waals surface area contributed by atoms with Gasteiger partial charge in [0, 0.05) is 22.7 Å². The van der Waals surface area contributed by atoms with E-state index in [-0.39, 0.29) is 11.5 Å². The number of nitrogens with one attached hydrogen (secondary N) is 1. The molecule has 2 heterocycles. The molecule has 1 amide bonds. The van der Waals surface area contributed by atoms with Gasteiger partial charge in [0.05, 0.1) is 30.0 Å². The fourth-order valence-electron chi connectivity index (χ4n) is 3.78. The number of ether oxygens (including phenoxy) is 2. The van der Waals surface area contributed by atoms with E-state index >= 15 is 0 Å². The molecule has 1 N–H and O–H groups in total. The largest absolute Gasteiger partial charge is 0.497 e.